The summed E-state index contributed by atoms with van der Waals surface area (Å²) in [4.78, 5) is 15.5. The van der Waals surface area contributed by atoms with E-state index < -0.39 is 0 Å². The number of para-hydroxylation sites is 2. The average Bonchev–Trinajstić information content (AvgIpc) is 3.75. The van der Waals surface area contributed by atoms with E-state index in [1.807, 2.05) is 42.5 Å². The van der Waals surface area contributed by atoms with E-state index in [1.165, 1.54) is 26.9 Å². The highest BCUT2D eigenvalue weighted by molar-refractivity contribution is 6.19. The first kappa shape index (κ1) is 28.7. The second-order valence-electron chi connectivity index (χ2n) is 13.2. The molecule has 52 heavy (non-hydrogen) atoms. The monoisotopic (exact) mass is 664 g/mol. The van der Waals surface area contributed by atoms with E-state index in [-0.39, 0.29) is 0 Å². The molecular formula is C47H28N4O. The zero-order valence-corrected chi connectivity index (χ0v) is 27.9. The molecule has 0 aliphatic rings. The summed E-state index contributed by atoms with van der Waals surface area (Å²) in [5.41, 5.74) is 7.71. The Kier molecular flexibility index (Phi) is 6.18. The van der Waals surface area contributed by atoms with Gasteiger partial charge in [-0.15, -0.1) is 0 Å². The molecule has 0 spiro atoms. The lowest BCUT2D eigenvalue weighted by Crippen LogP contribution is -2.01. The highest BCUT2D eigenvalue weighted by Gasteiger charge is 2.19. The minimum absolute atomic E-state index is 0.595. The predicted molar refractivity (Wildman–Crippen MR) is 213 cm³/mol. The fourth-order valence-electron chi connectivity index (χ4n) is 7.84. The van der Waals surface area contributed by atoms with Crippen molar-refractivity contribution >= 4 is 65.3 Å². The fourth-order valence-corrected chi connectivity index (χ4v) is 7.84. The Balaban J connectivity index is 1.15. The topological polar surface area (TPSA) is 56.7 Å². The number of fused-ring (bicyclic) bond motifs is 9. The Hall–Kier alpha value is -7.11. The van der Waals surface area contributed by atoms with E-state index in [1.54, 1.807) is 0 Å². The molecular weight excluding hydrogens is 637 g/mol. The fraction of sp³-hybridized carbons (Fsp3) is 0. The lowest BCUT2D eigenvalue weighted by Gasteiger charge is -2.12. The number of nitrogens with zero attached hydrogens (tertiary/aromatic N) is 4. The van der Waals surface area contributed by atoms with E-state index in [4.69, 9.17) is 19.4 Å². The van der Waals surface area contributed by atoms with Crippen molar-refractivity contribution in [3.8, 4) is 39.9 Å². The highest BCUT2D eigenvalue weighted by atomic mass is 16.3. The van der Waals surface area contributed by atoms with Crippen molar-refractivity contribution in [2.24, 2.45) is 0 Å². The number of rotatable bonds is 4. The molecule has 11 aromatic rings. The summed E-state index contributed by atoms with van der Waals surface area (Å²) in [6, 6.07) is 59.1. The van der Waals surface area contributed by atoms with Gasteiger partial charge < -0.3 is 8.98 Å². The molecule has 3 heterocycles. The van der Waals surface area contributed by atoms with Crippen molar-refractivity contribution in [1.82, 2.24) is 19.5 Å². The molecule has 3 aromatic heterocycles. The molecule has 0 fully saturated rings. The van der Waals surface area contributed by atoms with E-state index in [0.29, 0.717) is 17.5 Å². The van der Waals surface area contributed by atoms with Gasteiger partial charge in [-0.2, -0.15) is 0 Å². The van der Waals surface area contributed by atoms with E-state index >= 15 is 0 Å². The number of aromatic nitrogens is 4. The summed E-state index contributed by atoms with van der Waals surface area (Å²) in [7, 11) is 0. The van der Waals surface area contributed by atoms with Gasteiger partial charge >= 0.3 is 0 Å². The second kappa shape index (κ2) is 11.2. The first-order valence-electron chi connectivity index (χ1n) is 17.4. The first-order chi connectivity index (χ1) is 25.8. The molecule has 0 atom stereocenters. The number of hydrogen-bond donors (Lipinski definition) is 0. The summed E-state index contributed by atoms with van der Waals surface area (Å²) < 4.78 is 8.84. The zero-order valence-electron chi connectivity index (χ0n) is 27.9. The van der Waals surface area contributed by atoms with Crippen molar-refractivity contribution in [2.75, 3.05) is 0 Å². The molecule has 0 saturated carbocycles. The SMILES string of the molecule is c1ccc(-c2nc(-c3cccc(-n4c5ccccc5c5ccccc54)c3)nc(-c3cccc4oc5cc6ccc7ccccc7c6cc5c34)n2)cc1. The lowest BCUT2D eigenvalue weighted by molar-refractivity contribution is 0.669. The molecule has 0 radical (unpaired) electrons. The summed E-state index contributed by atoms with van der Waals surface area (Å²) >= 11 is 0. The maximum absolute atomic E-state index is 6.52. The van der Waals surface area contributed by atoms with Gasteiger partial charge in [-0.3, -0.25) is 0 Å². The Morgan fingerprint density at radius 2 is 1.02 bits per heavy atom. The zero-order chi connectivity index (χ0) is 34.2. The van der Waals surface area contributed by atoms with Crippen molar-refractivity contribution in [3.63, 3.8) is 0 Å². The Morgan fingerprint density at radius 3 is 1.83 bits per heavy atom. The van der Waals surface area contributed by atoms with Gasteiger partial charge in [0.25, 0.3) is 0 Å². The van der Waals surface area contributed by atoms with Crippen LogP contribution in [0.2, 0.25) is 0 Å². The van der Waals surface area contributed by atoms with Gasteiger partial charge in [0.05, 0.1) is 11.0 Å². The van der Waals surface area contributed by atoms with E-state index in [9.17, 15) is 0 Å². The minimum atomic E-state index is 0.595. The average molecular weight is 665 g/mol. The second-order valence-corrected chi connectivity index (χ2v) is 13.2. The van der Waals surface area contributed by atoms with Gasteiger partial charge in [0.1, 0.15) is 11.2 Å². The summed E-state index contributed by atoms with van der Waals surface area (Å²) in [6.07, 6.45) is 0. The van der Waals surface area contributed by atoms with E-state index in [2.05, 4.69) is 132 Å². The van der Waals surface area contributed by atoms with Gasteiger partial charge in [-0.25, -0.2) is 15.0 Å². The summed E-state index contributed by atoms with van der Waals surface area (Å²) in [5, 5.41) is 9.21. The third-order valence-electron chi connectivity index (χ3n) is 10.2. The van der Waals surface area contributed by atoms with Gasteiger partial charge in [-0.05, 0) is 64.0 Å². The van der Waals surface area contributed by atoms with Crippen molar-refractivity contribution in [3.05, 3.63) is 170 Å². The molecule has 0 unspecified atom stereocenters. The summed E-state index contributed by atoms with van der Waals surface area (Å²) in [6.45, 7) is 0. The predicted octanol–water partition coefficient (Wildman–Crippen LogP) is 12.2. The van der Waals surface area contributed by atoms with Gasteiger partial charge in [0.2, 0.25) is 0 Å². The molecule has 0 saturated heterocycles. The minimum Gasteiger partial charge on any atom is -0.456 e. The van der Waals surface area contributed by atoms with Crippen LogP contribution in [0.15, 0.2) is 174 Å². The van der Waals surface area contributed by atoms with Crippen LogP contribution < -0.4 is 0 Å². The van der Waals surface area contributed by atoms with E-state index in [0.717, 1.165) is 60.7 Å². The van der Waals surface area contributed by atoms with Crippen molar-refractivity contribution in [2.45, 2.75) is 0 Å². The highest BCUT2D eigenvalue weighted by Crippen LogP contribution is 2.40. The maximum Gasteiger partial charge on any atom is 0.164 e. The van der Waals surface area contributed by atoms with Crippen LogP contribution in [0.3, 0.4) is 0 Å². The molecule has 0 bridgehead atoms. The summed E-state index contributed by atoms with van der Waals surface area (Å²) in [5.74, 6) is 1.81. The third kappa shape index (κ3) is 4.39. The molecule has 11 rings (SSSR count). The molecule has 0 amide bonds. The Bertz CT molecular complexity index is 3140. The molecule has 8 aromatic carbocycles. The van der Waals surface area contributed by atoms with Crippen LogP contribution in [0.5, 0.6) is 0 Å². The van der Waals surface area contributed by atoms with Gasteiger partial charge in [0, 0.05) is 43.9 Å². The molecule has 0 aliphatic heterocycles. The van der Waals surface area contributed by atoms with Gasteiger partial charge in [0.15, 0.2) is 17.5 Å². The molecule has 0 N–H and O–H groups in total. The molecule has 242 valence electrons. The largest absolute Gasteiger partial charge is 0.456 e. The van der Waals surface area contributed by atoms with Crippen LogP contribution in [0.4, 0.5) is 0 Å². The normalized spacial score (nSPS) is 11.8. The number of benzene rings is 8. The lowest BCUT2D eigenvalue weighted by atomic mass is 9.98. The number of furan rings is 1. The number of hydrogen-bond acceptors (Lipinski definition) is 4. The maximum atomic E-state index is 6.52. The molecule has 5 nitrogen and oxygen atoms in total. The van der Waals surface area contributed by atoms with Crippen LogP contribution in [0.1, 0.15) is 0 Å². The van der Waals surface area contributed by atoms with Crippen LogP contribution in [0.25, 0.3) is 105 Å². The van der Waals surface area contributed by atoms with Crippen LogP contribution >= 0.6 is 0 Å². The quantitative estimate of drug-likeness (QED) is 0.176. The Labute approximate surface area is 298 Å². The first-order valence-corrected chi connectivity index (χ1v) is 17.4. The van der Waals surface area contributed by atoms with Crippen molar-refractivity contribution in [1.29, 1.82) is 0 Å². The Morgan fingerprint density at radius 1 is 0.385 bits per heavy atom. The van der Waals surface area contributed by atoms with Gasteiger partial charge in [-0.1, -0.05) is 127 Å². The van der Waals surface area contributed by atoms with Crippen molar-refractivity contribution < 1.29 is 4.42 Å². The molecule has 0 aliphatic carbocycles. The van der Waals surface area contributed by atoms with Crippen LogP contribution in [-0.4, -0.2) is 19.5 Å². The van der Waals surface area contributed by atoms with Crippen LogP contribution in [-0.2, 0) is 0 Å². The molecule has 5 heteroatoms. The third-order valence-corrected chi connectivity index (χ3v) is 10.2. The van der Waals surface area contributed by atoms with Crippen LogP contribution in [0, 0.1) is 0 Å². The standard InChI is InChI=1S/C47H28N4O/c1-2-13-30(14-3-1)45-48-46(32-15-10-16-33(26-32)51-40-21-8-6-18-35(40)36-19-7-9-22-41(36)51)50-47(49-45)37-20-11-23-42-44(37)39-28-38-31(27-43(39)52-42)25-24-29-12-4-5-17-34(29)38/h1-28H. The smallest absolute Gasteiger partial charge is 0.164 e.